The molecule has 3 aromatic carbocycles. The number of ether oxygens (including phenoxy) is 4. The van der Waals surface area contributed by atoms with Crippen LogP contribution >= 0.6 is 11.6 Å². The monoisotopic (exact) mass is 538 g/mol. The molecule has 0 saturated heterocycles. The normalized spacial score (nSPS) is 10.6. The molecular weight excluding hydrogens is 512 g/mol. The number of methoxy groups -OCH3 is 1. The molecule has 10 heteroatoms. The van der Waals surface area contributed by atoms with Crippen molar-refractivity contribution in [3.05, 3.63) is 94.5 Å². The Morgan fingerprint density at radius 2 is 1.74 bits per heavy atom. The van der Waals surface area contributed by atoms with Crippen LogP contribution in [0, 0.1) is 0 Å². The van der Waals surface area contributed by atoms with E-state index >= 15 is 0 Å². The fourth-order valence-corrected chi connectivity index (χ4v) is 3.54. The Hall–Kier alpha value is -4.50. The van der Waals surface area contributed by atoms with Crippen LogP contribution in [0.25, 0.3) is 0 Å². The third-order valence-corrected chi connectivity index (χ3v) is 5.36. The zero-order valence-electron chi connectivity index (χ0n) is 20.9. The van der Waals surface area contributed by atoms with Crippen molar-refractivity contribution >= 4 is 29.7 Å². The highest BCUT2D eigenvalue weighted by Gasteiger charge is 2.14. The Kier molecular flexibility index (Phi) is 10.1. The standard InChI is InChI=1S/C28H27ClN2O7/c1-4-12-37-23-11-10-21(15-24(23)36-5-2)27(32)31-30-16-19-13-22(29)26(25(14-19)35-3)38-17-18-6-8-20(9-7-18)28(33)34/h4,6-11,13-16H,1,5,12,17H2,2-3H3,(H,31,32)(H,33,34)/b30-16+. The molecule has 38 heavy (non-hydrogen) atoms. The third kappa shape index (κ3) is 7.50. The van der Waals surface area contributed by atoms with Crippen molar-refractivity contribution in [1.29, 1.82) is 0 Å². The number of amides is 1. The number of benzene rings is 3. The van der Waals surface area contributed by atoms with E-state index in [4.69, 9.17) is 35.7 Å². The second-order valence-corrected chi connectivity index (χ2v) is 8.13. The highest BCUT2D eigenvalue weighted by molar-refractivity contribution is 6.32. The molecule has 9 nitrogen and oxygen atoms in total. The van der Waals surface area contributed by atoms with Crippen molar-refractivity contribution in [2.24, 2.45) is 5.10 Å². The Morgan fingerprint density at radius 1 is 1.00 bits per heavy atom. The number of nitrogens with zero attached hydrogens (tertiary/aromatic N) is 1. The number of carboxylic acids is 1. The average molecular weight is 539 g/mol. The van der Waals surface area contributed by atoms with Gasteiger partial charge < -0.3 is 24.1 Å². The lowest BCUT2D eigenvalue weighted by Gasteiger charge is -2.13. The molecule has 0 fully saturated rings. The van der Waals surface area contributed by atoms with E-state index in [0.29, 0.717) is 47.3 Å². The molecule has 0 atom stereocenters. The number of hydrogen-bond acceptors (Lipinski definition) is 7. The molecule has 0 saturated carbocycles. The SMILES string of the molecule is C=CCOc1ccc(C(=O)N/N=C/c2cc(Cl)c(OCc3ccc(C(=O)O)cc3)c(OC)c2)cc1OCC. The minimum absolute atomic E-state index is 0.153. The number of hydrazone groups is 1. The molecule has 0 aliphatic heterocycles. The summed E-state index contributed by atoms with van der Waals surface area (Å²) < 4.78 is 22.3. The van der Waals surface area contributed by atoms with Crippen LogP contribution in [-0.2, 0) is 6.61 Å². The lowest BCUT2D eigenvalue weighted by molar-refractivity contribution is 0.0696. The summed E-state index contributed by atoms with van der Waals surface area (Å²) in [6, 6.07) is 14.4. The van der Waals surface area contributed by atoms with E-state index in [2.05, 4.69) is 17.1 Å². The van der Waals surface area contributed by atoms with Gasteiger partial charge in [0.05, 0.1) is 30.5 Å². The predicted molar refractivity (Wildman–Crippen MR) is 144 cm³/mol. The van der Waals surface area contributed by atoms with E-state index in [1.807, 2.05) is 6.92 Å². The summed E-state index contributed by atoms with van der Waals surface area (Å²) in [6.45, 7) is 6.33. The van der Waals surface area contributed by atoms with Gasteiger partial charge in [-0.1, -0.05) is 36.4 Å². The van der Waals surface area contributed by atoms with Crippen LogP contribution in [0.2, 0.25) is 5.02 Å². The second-order valence-electron chi connectivity index (χ2n) is 7.72. The molecule has 0 radical (unpaired) electrons. The summed E-state index contributed by atoms with van der Waals surface area (Å²) in [5, 5.41) is 13.3. The quantitative estimate of drug-likeness (QED) is 0.171. The molecule has 0 heterocycles. The summed E-state index contributed by atoms with van der Waals surface area (Å²) in [5.41, 5.74) is 4.32. The first-order chi connectivity index (χ1) is 18.4. The summed E-state index contributed by atoms with van der Waals surface area (Å²) in [7, 11) is 1.47. The van der Waals surface area contributed by atoms with Gasteiger partial charge in [-0.3, -0.25) is 4.79 Å². The zero-order chi connectivity index (χ0) is 27.5. The van der Waals surface area contributed by atoms with Crippen LogP contribution in [0.3, 0.4) is 0 Å². The van der Waals surface area contributed by atoms with Crippen LogP contribution in [0.15, 0.2) is 72.4 Å². The largest absolute Gasteiger partial charge is 0.493 e. The van der Waals surface area contributed by atoms with Crippen molar-refractivity contribution < 1.29 is 33.6 Å². The molecule has 0 bridgehead atoms. The summed E-state index contributed by atoms with van der Waals surface area (Å²) in [6.07, 6.45) is 3.04. The molecule has 0 unspecified atom stereocenters. The van der Waals surface area contributed by atoms with Gasteiger partial charge in [-0.05, 0) is 60.5 Å². The number of carbonyl (C=O) groups is 2. The van der Waals surface area contributed by atoms with Crippen LogP contribution < -0.4 is 24.4 Å². The molecule has 3 rings (SSSR count). The van der Waals surface area contributed by atoms with Crippen LogP contribution in [0.1, 0.15) is 38.8 Å². The van der Waals surface area contributed by atoms with Crippen molar-refractivity contribution in [3.63, 3.8) is 0 Å². The minimum atomic E-state index is -1.00. The highest BCUT2D eigenvalue weighted by atomic mass is 35.5. The first-order valence-electron chi connectivity index (χ1n) is 11.5. The molecule has 198 valence electrons. The van der Waals surface area contributed by atoms with Gasteiger partial charge in [-0.25, -0.2) is 10.2 Å². The topological polar surface area (TPSA) is 116 Å². The van der Waals surface area contributed by atoms with Gasteiger partial charge in [0.15, 0.2) is 23.0 Å². The maximum Gasteiger partial charge on any atom is 0.335 e. The Morgan fingerprint density at radius 3 is 2.39 bits per heavy atom. The Balaban J connectivity index is 1.67. The van der Waals surface area contributed by atoms with Crippen LogP contribution in [-0.4, -0.2) is 43.5 Å². The van der Waals surface area contributed by atoms with E-state index in [1.54, 1.807) is 48.5 Å². The van der Waals surface area contributed by atoms with Gasteiger partial charge in [0, 0.05) is 5.56 Å². The summed E-state index contributed by atoms with van der Waals surface area (Å²) in [4.78, 5) is 23.6. The smallest absolute Gasteiger partial charge is 0.335 e. The maximum absolute atomic E-state index is 12.6. The van der Waals surface area contributed by atoms with Gasteiger partial charge in [0.2, 0.25) is 0 Å². The van der Waals surface area contributed by atoms with Gasteiger partial charge in [0.1, 0.15) is 13.2 Å². The van der Waals surface area contributed by atoms with Gasteiger partial charge in [0.25, 0.3) is 5.91 Å². The van der Waals surface area contributed by atoms with E-state index in [9.17, 15) is 9.59 Å². The molecule has 0 spiro atoms. The number of rotatable bonds is 13. The maximum atomic E-state index is 12.6. The molecule has 0 aliphatic carbocycles. The van der Waals surface area contributed by atoms with E-state index in [1.165, 1.54) is 25.5 Å². The lowest BCUT2D eigenvalue weighted by atomic mass is 10.1. The number of carbonyl (C=O) groups excluding carboxylic acids is 1. The van der Waals surface area contributed by atoms with Crippen LogP contribution in [0.5, 0.6) is 23.0 Å². The lowest BCUT2D eigenvalue weighted by Crippen LogP contribution is -2.17. The van der Waals surface area contributed by atoms with Gasteiger partial charge in [-0.2, -0.15) is 5.10 Å². The molecule has 0 aromatic heterocycles. The first-order valence-corrected chi connectivity index (χ1v) is 11.9. The molecule has 2 N–H and O–H groups in total. The Bertz CT molecular complexity index is 1320. The zero-order valence-corrected chi connectivity index (χ0v) is 21.7. The predicted octanol–water partition coefficient (Wildman–Crippen LogP) is 5.35. The number of nitrogens with one attached hydrogen (secondary N) is 1. The Labute approximate surface area is 225 Å². The van der Waals surface area contributed by atoms with Crippen molar-refractivity contribution in [2.45, 2.75) is 13.5 Å². The average Bonchev–Trinajstić information content (AvgIpc) is 2.91. The number of hydrogen-bond donors (Lipinski definition) is 2. The van der Waals surface area contributed by atoms with E-state index in [0.717, 1.165) is 5.56 Å². The fraction of sp³-hybridized carbons (Fsp3) is 0.179. The minimum Gasteiger partial charge on any atom is -0.493 e. The molecule has 1 amide bonds. The highest BCUT2D eigenvalue weighted by Crippen LogP contribution is 2.36. The number of carboxylic acid groups (broad SMARTS) is 1. The second kappa shape index (κ2) is 13.7. The van der Waals surface area contributed by atoms with Crippen molar-refractivity contribution in [3.8, 4) is 23.0 Å². The first kappa shape index (κ1) is 28.1. The fourth-order valence-electron chi connectivity index (χ4n) is 3.27. The summed E-state index contributed by atoms with van der Waals surface area (Å²) >= 11 is 6.42. The van der Waals surface area contributed by atoms with Crippen LogP contribution in [0.4, 0.5) is 0 Å². The van der Waals surface area contributed by atoms with E-state index < -0.39 is 11.9 Å². The third-order valence-electron chi connectivity index (χ3n) is 5.08. The summed E-state index contributed by atoms with van der Waals surface area (Å²) in [5.74, 6) is 0.190. The number of aromatic carboxylic acids is 1. The van der Waals surface area contributed by atoms with E-state index in [-0.39, 0.29) is 17.2 Å². The molecule has 0 aliphatic rings. The van der Waals surface area contributed by atoms with Crippen molar-refractivity contribution in [2.75, 3.05) is 20.3 Å². The van der Waals surface area contributed by atoms with Crippen molar-refractivity contribution in [1.82, 2.24) is 5.43 Å². The van der Waals surface area contributed by atoms with Gasteiger partial charge in [-0.15, -0.1) is 0 Å². The molecular formula is C28H27ClN2O7. The molecule has 3 aromatic rings. The van der Waals surface area contributed by atoms with Gasteiger partial charge >= 0.3 is 5.97 Å². The number of halogens is 1.